The quantitative estimate of drug-likeness (QED) is 0.569. The number of ether oxygens (including phenoxy) is 1. The lowest BCUT2D eigenvalue weighted by Crippen LogP contribution is -2.48. The van der Waals surface area contributed by atoms with Crippen molar-refractivity contribution in [2.45, 2.75) is 37.7 Å². The van der Waals surface area contributed by atoms with Crippen LogP contribution in [0.3, 0.4) is 0 Å². The SMILES string of the molecule is Cc1ccc(S(=O)(=O)N2CC(C(=O)Nc3ccc(N4CCCC4)cc3)Oc3ccc(C)cc32)cc1. The molecule has 0 bridgehead atoms. The van der Waals surface area contributed by atoms with E-state index in [-0.39, 0.29) is 11.4 Å². The topological polar surface area (TPSA) is 79.0 Å². The van der Waals surface area contributed by atoms with Crippen molar-refractivity contribution in [2.24, 2.45) is 0 Å². The average molecular weight is 492 g/mol. The fourth-order valence-corrected chi connectivity index (χ4v) is 5.98. The number of rotatable bonds is 5. The van der Waals surface area contributed by atoms with E-state index in [2.05, 4.69) is 10.2 Å². The van der Waals surface area contributed by atoms with Gasteiger partial charge in [0.1, 0.15) is 5.75 Å². The predicted octanol–water partition coefficient (Wildman–Crippen LogP) is 4.50. The summed E-state index contributed by atoms with van der Waals surface area (Å²) in [6.45, 7) is 5.77. The first-order chi connectivity index (χ1) is 16.8. The Hall–Kier alpha value is -3.52. The minimum Gasteiger partial charge on any atom is -0.476 e. The fraction of sp³-hybridized carbons (Fsp3) is 0.296. The van der Waals surface area contributed by atoms with Gasteiger partial charge in [0.2, 0.25) is 0 Å². The zero-order chi connectivity index (χ0) is 24.6. The van der Waals surface area contributed by atoms with Gasteiger partial charge < -0.3 is 15.0 Å². The highest BCUT2D eigenvalue weighted by atomic mass is 32.2. The number of anilines is 3. The molecule has 182 valence electrons. The number of nitrogens with zero attached hydrogens (tertiary/aromatic N) is 2. The minimum atomic E-state index is -3.90. The molecule has 0 aliphatic carbocycles. The molecule has 7 nitrogen and oxygen atoms in total. The molecule has 2 heterocycles. The second-order valence-corrected chi connectivity index (χ2v) is 11.0. The molecule has 2 aliphatic heterocycles. The first-order valence-electron chi connectivity index (χ1n) is 11.8. The normalized spacial score (nSPS) is 17.6. The Morgan fingerprint density at radius 3 is 2.26 bits per heavy atom. The molecule has 0 saturated carbocycles. The van der Waals surface area contributed by atoms with Crippen molar-refractivity contribution in [3.05, 3.63) is 77.9 Å². The summed E-state index contributed by atoms with van der Waals surface area (Å²) in [6, 6.07) is 19.8. The van der Waals surface area contributed by atoms with Crippen LogP contribution in [0.25, 0.3) is 0 Å². The third-order valence-electron chi connectivity index (χ3n) is 6.49. The van der Waals surface area contributed by atoms with E-state index in [0.29, 0.717) is 17.1 Å². The van der Waals surface area contributed by atoms with Gasteiger partial charge >= 0.3 is 0 Å². The van der Waals surface area contributed by atoms with Crippen LogP contribution in [0, 0.1) is 13.8 Å². The second-order valence-electron chi connectivity index (χ2n) is 9.16. The Balaban J connectivity index is 1.40. The lowest BCUT2D eigenvalue weighted by atomic mass is 10.1. The molecular formula is C27H29N3O4S. The van der Waals surface area contributed by atoms with Crippen molar-refractivity contribution < 1.29 is 17.9 Å². The molecule has 1 N–H and O–H groups in total. The molecule has 1 saturated heterocycles. The molecule has 2 aliphatic rings. The van der Waals surface area contributed by atoms with Crippen molar-refractivity contribution in [1.29, 1.82) is 0 Å². The predicted molar refractivity (Wildman–Crippen MR) is 138 cm³/mol. The summed E-state index contributed by atoms with van der Waals surface area (Å²) in [5.41, 5.74) is 4.08. The zero-order valence-corrected chi connectivity index (χ0v) is 20.7. The van der Waals surface area contributed by atoms with Crippen molar-refractivity contribution in [2.75, 3.05) is 34.2 Å². The number of hydrogen-bond acceptors (Lipinski definition) is 5. The molecule has 1 amide bonds. The molecule has 1 fully saturated rings. The lowest BCUT2D eigenvalue weighted by Gasteiger charge is -2.35. The Morgan fingerprint density at radius 1 is 0.914 bits per heavy atom. The smallest absolute Gasteiger partial charge is 0.267 e. The van der Waals surface area contributed by atoms with Crippen molar-refractivity contribution in [3.63, 3.8) is 0 Å². The highest BCUT2D eigenvalue weighted by Gasteiger charge is 2.37. The molecule has 0 spiro atoms. The third kappa shape index (κ3) is 4.71. The van der Waals surface area contributed by atoms with Gasteiger partial charge in [-0.15, -0.1) is 0 Å². The van der Waals surface area contributed by atoms with Gasteiger partial charge in [-0.3, -0.25) is 9.10 Å². The van der Waals surface area contributed by atoms with Gasteiger partial charge in [-0.05, 0) is 80.8 Å². The lowest BCUT2D eigenvalue weighted by molar-refractivity contribution is -0.122. The second kappa shape index (κ2) is 9.26. The molecule has 3 aromatic carbocycles. The number of aryl methyl sites for hydroxylation is 2. The van der Waals surface area contributed by atoms with Crippen LogP contribution in [0.15, 0.2) is 71.6 Å². The van der Waals surface area contributed by atoms with Gasteiger partial charge in [-0.25, -0.2) is 8.42 Å². The Labute approximate surface area is 206 Å². The highest BCUT2D eigenvalue weighted by Crippen LogP contribution is 2.38. The summed E-state index contributed by atoms with van der Waals surface area (Å²) in [5, 5.41) is 2.89. The molecular weight excluding hydrogens is 462 g/mol. The van der Waals surface area contributed by atoms with Gasteiger partial charge in [0.05, 0.1) is 17.1 Å². The van der Waals surface area contributed by atoms with E-state index >= 15 is 0 Å². The molecule has 3 aromatic rings. The van der Waals surface area contributed by atoms with E-state index in [0.717, 1.165) is 29.9 Å². The Kier molecular flexibility index (Phi) is 6.15. The number of hydrogen-bond donors (Lipinski definition) is 1. The maximum Gasteiger partial charge on any atom is 0.267 e. The summed E-state index contributed by atoms with van der Waals surface area (Å²) in [4.78, 5) is 15.7. The van der Waals surface area contributed by atoms with Crippen LogP contribution in [0.5, 0.6) is 5.75 Å². The van der Waals surface area contributed by atoms with E-state index < -0.39 is 22.0 Å². The van der Waals surface area contributed by atoms with Crippen LogP contribution < -0.4 is 19.3 Å². The van der Waals surface area contributed by atoms with Crippen LogP contribution in [-0.2, 0) is 14.8 Å². The summed E-state index contributed by atoms with van der Waals surface area (Å²) in [6.07, 6.45) is 1.39. The summed E-state index contributed by atoms with van der Waals surface area (Å²) in [7, 11) is -3.90. The van der Waals surface area contributed by atoms with E-state index in [9.17, 15) is 13.2 Å². The monoisotopic (exact) mass is 491 g/mol. The van der Waals surface area contributed by atoms with Gasteiger partial charge in [-0.1, -0.05) is 23.8 Å². The van der Waals surface area contributed by atoms with Crippen LogP contribution in [0.2, 0.25) is 0 Å². The van der Waals surface area contributed by atoms with E-state index in [4.69, 9.17) is 4.74 Å². The van der Waals surface area contributed by atoms with E-state index in [1.54, 1.807) is 36.4 Å². The first kappa shape index (κ1) is 23.2. The van der Waals surface area contributed by atoms with Gasteiger partial charge in [-0.2, -0.15) is 0 Å². The molecule has 0 radical (unpaired) electrons. The number of carbonyl (C=O) groups excluding carboxylic acids is 1. The molecule has 1 unspecified atom stereocenters. The van der Waals surface area contributed by atoms with Crippen LogP contribution in [0.4, 0.5) is 17.1 Å². The number of amides is 1. The highest BCUT2D eigenvalue weighted by molar-refractivity contribution is 7.92. The van der Waals surface area contributed by atoms with Crippen molar-refractivity contribution in [1.82, 2.24) is 0 Å². The minimum absolute atomic E-state index is 0.121. The summed E-state index contributed by atoms with van der Waals surface area (Å²) >= 11 is 0. The Morgan fingerprint density at radius 2 is 1.57 bits per heavy atom. The maximum atomic E-state index is 13.6. The van der Waals surface area contributed by atoms with Crippen molar-refractivity contribution >= 4 is 33.0 Å². The van der Waals surface area contributed by atoms with E-state index in [1.807, 2.05) is 44.2 Å². The van der Waals surface area contributed by atoms with Crippen LogP contribution in [-0.4, -0.2) is 40.1 Å². The van der Waals surface area contributed by atoms with E-state index in [1.165, 1.54) is 17.1 Å². The third-order valence-corrected chi connectivity index (χ3v) is 8.29. The van der Waals surface area contributed by atoms with Crippen molar-refractivity contribution in [3.8, 4) is 5.75 Å². The van der Waals surface area contributed by atoms with Gasteiger partial charge in [0.25, 0.3) is 15.9 Å². The Bertz CT molecular complexity index is 1330. The van der Waals surface area contributed by atoms with Crippen LogP contribution >= 0.6 is 0 Å². The number of fused-ring (bicyclic) bond motifs is 1. The maximum absolute atomic E-state index is 13.6. The number of nitrogens with one attached hydrogen (secondary N) is 1. The molecule has 35 heavy (non-hydrogen) atoms. The fourth-order valence-electron chi connectivity index (χ4n) is 4.52. The number of sulfonamides is 1. The summed E-state index contributed by atoms with van der Waals surface area (Å²) in [5.74, 6) is -0.0312. The number of carbonyl (C=O) groups is 1. The van der Waals surface area contributed by atoms with Gasteiger partial charge in [0.15, 0.2) is 6.10 Å². The largest absolute Gasteiger partial charge is 0.476 e. The molecule has 8 heteroatoms. The van der Waals surface area contributed by atoms with Crippen LogP contribution in [0.1, 0.15) is 24.0 Å². The summed E-state index contributed by atoms with van der Waals surface area (Å²) < 4.78 is 34.5. The van der Waals surface area contributed by atoms with Gasteiger partial charge in [0, 0.05) is 24.5 Å². The molecule has 1 atom stereocenters. The molecule has 0 aromatic heterocycles. The standard InChI is InChI=1S/C27H29N3O4S/c1-19-5-12-23(13-6-19)35(32,33)30-18-26(34-25-14-7-20(2)17-24(25)30)27(31)28-21-8-10-22(11-9-21)29-15-3-4-16-29/h5-14,17,26H,3-4,15-16,18H2,1-2H3,(H,28,31). The average Bonchev–Trinajstić information content (AvgIpc) is 3.39. The number of benzene rings is 3. The first-order valence-corrected chi connectivity index (χ1v) is 13.3. The zero-order valence-electron chi connectivity index (χ0n) is 19.9. The molecule has 5 rings (SSSR count).